The van der Waals surface area contributed by atoms with Gasteiger partial charge in [0.1, 0.15) is 22.2 Å². The van der Waals surface area contributed by atoms with E-state index in [1.54, 1.807) is 23.6 Å². The second-order valence-electron chi connectivity index (χ2n) is 9.85. The number of halogens is 2. The Morgan fingerprint density at radius 1 is 1.18 bits per heavy atom. The van der Waals surface area contributed by atoms with E-state index >= 15 is 4.39 Å². The Morgan fingerprint density at radius 3 is 2.62 bits per heavy atom. The molecule has 40 heavy (non-hydrogen) atoms. The van der Waals surface area contributed by atoms with Crippen LogP contribution in [0.3, 0.4) is 0 Å². The van der Waals surface area contributed by atoms with E-state index in [-0.39, 0.29) is 28.8 Å². The fraction of sp³-hybridized carbons (Fsp3) is 0.464. The maximum Gasteiger partial charge on any atom is 0.269 e. The van der Waals surface area contributed by atoms with E-state index in [0.29, 0.717) is 22.7 Å². The van der Waals surface area contributed by atoms with Crippen LogP contribution in [0.25, 0.3) is 0 Å². The predicted molar refractivity (Wildman–Crippen MR) is 159 cm³/mol. The monoisotopic (exact) mass is 610 g/mol. The van der Waals surface area contributed by atoms with Crippen LogP contribution in [0.5, 0.6) is 11.5 Å². The highest BCUT2D eigenvalue weighted by Gasteiger charge is 2.33. The second kappa shape index (κ2) is 13.4. The molecule has 1 aliphatic rings. The summed E-state index contributed by atoms with van der Waals surface area (Å²) in [5.41, 5.74) is 0.948. The molecule has 1 fully saturated rings. The topological polar surface area (TPSA) is 84.0 Å². The Bertz CT molecular complexity index is 1390. The number of nitrogens with zero attached hydrogens (tertiary/aromatic N) is 3. The molecule has 1 N–H and O–H groups in total. The van der Waals surface area contributed by atoms with Crippen molar-refractivity contribution in [3.8, 4) is 11.5 Å². The molecule has 0 spiro atoms. The van der Waals surface area contributed by atoms with E-state index in [2.05, 4.69) is 29.2 Å². The zero-order valence-corrected chi connectivity index (χ0v) is 25.6. The second-order valence-corrected chi connectivity index (χ2v) is 13.0. The number of hydrogen-bond donors (Lipinski definition) is 1. The van der Waals surface area contributed by atoms with E-state index in [0.717, 1.165) is 54.3 Å². The quantitative estimate of drug-likeness (QED) is 0.254. The first-order chi connectivity index (χ1) is 19.2. The van der Waals surface area contributed by atoms with Gasteiger partial charge >= 0.3 is 0 Å². The maximum absolute atomic E-state index is 15.7. The van der Waals surface area contributed by atoms with Crippen molar-refractivity contribution in [1.29, 1.82) is 0 Å². The van der Waals surface area contributed by atoms with Crippen molar-refractivity contribution in [3.63, 3.8) is 0 Å². The first kappa shape index (κ1) is 30.4. The summed E-state index contributed by atoms with van der Waals surface area (Å²) in [6.07, 6.45) is 6.72. The molecule has 0 saturated heterocycles. The Kier molecular flexibility index (Phi) is 10.2. The van der Waals surface area contributed by atoms with E-state index in [4.69, 9.17) is 21.1 Å². The van der Waals surface area contributed by atoms with Crippen LogP contribution in [0, 0.1) is 5.82 Å². The van der Waals surface area contributed by atoms with Crippen molar-refractivity contribution < 1.29 is 22.3 Å². The lowest BCUT2D eigenvalue weighted by molar-refractivity contribution is 0.177. The molecule has 1 heterocycles. The Balaban J connectivity index is 1.66. The molecule has 12 heteroatoms. The van der Waals surface area contributed by atoms with E-state index in [1.807, 2.05) is 0 Å². The smallest absolute Gasteiger partial charge is 0.269 e. The number of rotatable bonds is 12. The van der Waals surface area contributed by atoms with Crippen LogP contribution >= 0.6 is 22.9 Å². The van der Waals surface area contributed by atoms with Gasteiger partial charge in [0.15, 0.2) is 5.13 Å². The van der Waals surface area contributed by atoms with Crippen molar-refractivity contribution in [1.82, 2.24) is 9.88 Å². The van der Waals surface area contributed by atoms with Crippen LogP contribution in [-0.4, -0.2) is 58.2 Å². The first-order valence-electron chi connectivity index (χ1n) is 13.3. The summed E-state index contributed by atoms with van der Waals surface area (Å²) < 4.78 is 55.4. The van der Waals surface area contributed by atoms with Gasteiger partial charge in [0, 0.05) is 35.3 Å². The standard InChI is InChI=1S/C28H36ClFN4O4S2/c1-5-13-33(2)25-9-7-6-8-23(25)32-24-17-22(30)27(16-21(24)29)40(35,36)34(28-31-12-14-39-28)18-19-10-11-20(37-3)15-26(19)38-4/h10-12,14-17,23,25,32H,5-9,13,18H2,1-4H3/t23-,25-/m0/s1. The highest BCUT2D eigenvalue weighted by molar-refractivity contribution is 7.93. The maximum atomic E-state index is 15.7. The summed E-state index contributed by atoms with van der Waals surface area (Å²) in [5.74, 6) is 0.111. The van der Waals surface area contributed by atoms with Crippen molar-refractivity contribution in [2.75, 3.05) is 37.4 Å². The van der Waals surface area contributed by atoms with Gasteiger partial charge in [0.25, 0.3) is 10.0 Å². The predicted octanol–water partition coefficient (Wildman–Crippen LogP) is 6.41. The van der Waals surface area contributed by atoms with Crippen LogP contribution in [-0.2, 0) is 16.6 Å². The summed E-state index contributed by atoms with van der Waals surface area (Å²) >= 11 is 7.75. The zero-order valence-electron chi connectivity index (χ0n) is 23.2. The van der Waals surface area contributed by atoms with Crippen molar-refractivity contribution in [2.45, 2.75) is 62.6 Å². The Labute approximate surface area is 245 Å². The lowest BCUT2D eigenvalue weighted by atomic mass is 9.89. The number of ether oxygens (including phenoxy) is 2. The number of likely N-dealkylation sites (N-methyl/N-ethyl adjacent to an activating group) is 1. The molecule has 0 unspecified atom stereocenters. The van der Waals surface area contributed by atoms with Crippen molar-refractivity contribution in [3.05, 3.63) is 58.3 Å². The first-order valence-corrected chi connectivity index (χ1v) is 16.0. The Hall–Kier alpha value is -2.60. The SMILES string of the molecule is CCCN(C)[C@H]1CCCC[C@@H]1Nc1cc(F)c(S(=O)(=O)N(Cc2ccc(OC)cc2OC)c2nccs2)cc1Cl. The van der Waals surface area contributed by atoms with Gasteiger partial charge in [-0.25, -0.2) is 22.1 Å². The van der Waals surface area contributed by atoms with Crippen LogP contribution in [0.2, 0.25) is 5.02 Å². The molecule has 8 nitrogen and oxygen atoms in total. The molecule has 0 radical (unpaired) electrons. The molecule has 0 bridgehead atoms. The number of anilines is 2. The minimum Gasteiger partial charge on any atom is -0.497 e. The van der Waals surface area contributed by atoms with Crippen molar-refractivity contribution >= 4 is 43.8 Å². The number of thiazole rings is 1. The zero-order chi connectivity index (χ0) is 28.9. The molecular weight excluding hydrogens is 575 g/mol. The van der Waals surface area contributed by atoms with E-state index < -0.39 is 20.7 Å². The van der Waals surface area contributed by atoms with Crippen LogP contribution < -0.4 is 19.1 Å². The fourth-order valence-corrected chi connectivity index (χ4v) is 7.84. The summed E-state index contributed by atoms with van der Waals surface area (Å²) in [6, 6.07) is 7.83. The summed E-state index contributed by atoms with van der Waals surface area (Å²) in [6.45, 7) is 2.98. The lowest BCUT2D eigenvalue weighted by Crippen LogP contribution is -2.47. The molecule has 2 atom stereocenters. The lowest BCUT2D eigenvalue weighted by Gasteiger charge is -2.39. The summed E-state index contributed by atoms with van der Waals surface area (Å²) in [4.78, 5) is 6.02. The molecule has 0 aliphatic heterocycles. The van der Waals surface area contributed by atoms with Gasteiger partial charge in [-0.15, -0.1) is 11.3 Å². The number of aromatic nitrogens is 1. The molecule has 1 aliphatic carbocycles. The normalized spacial score (nSPS) is 17.6. The molecule has 1 aromatic heterocycles. The number of sulfonamides is 1. The van der Waals surface area contributed by atoms with Gasteiger partial charge in [0.05, 0.1) is 31.5 Å². The molecule has 4 rings (SSSR count). The van der Waals surface area contributed by atoms with Gasteiger partial charge in [-0.1, -0.05) is 31.4 Å². The van der Waals surface area contributed by atoms with Gasteiger partial charge in [0.2, 0.25) is 0 Å². The van der Waals surface area contributed by atoms with Gasteiger partial charge in [-0.2, -0.15) is 0 Å². The number of nitrogens with one attached hydrogen (secondary N) is 1. The molecule has 0 amide bonds. The number of hydrogen-bond acceptors (Lipinski definition) is 8. The van der Waals surface area contributed by atoms with Crippen LogP contribution in [0.1, 0.15) is 44.6 Å². The minimum absolute atomic E-state index is 0.0824. The Morgan fingerprint density at radius 2 is 1.95 bits per heavy atom. The molecule has 2 aromatic carbocycles. The highest BCUT2D eigenvalue weighted by atomic mass is 35.5. The third-order valence-corrected chi connectivity index (χ3v) is 10.2. The van der Waals surface area contributed by atoms with Crippen LogP contribution in [0.15, 0.2) is 46.8 Å². The number of benzene rings is 2. The molecule has 1 saturated carbocycles. The minimum atomic E-state index is -4.40. The van der Waals surface area contributed by atoms with E-state index in [9.17, 15) is 8.42 Å². The van der Waals surface area contributed by atoms with Gasteiger partial charge in [-0.3, -0.25) is 0 Å². The van der Waals surface area contributed by atoms with Crippen molar-refractivity contribution in [2.24, 2.45) is 0 Å². The third-order valence-electron chi connectivity index (χ3n) is 7.24. The number of methoxy groups -OCH3 is 2. The molecule has 3 aromatic rings. The largest absolute Gasteiger partial charge is 0.497 e. The average Bonchev–Trinajstić information content (AvgIpc) is 3.48. The van der Waals surface area contributed by atoms with Gasteiger partial charge < -0.3 is 19.7 Å². The fourth-order valence-electron chi connectivity index (χ4n) is 5.21. The molecule has 218 valence electrons. The highest BCUT2D eigenvalue weighted by Crippen LogP contribution is 2.36. The average molecular weight is 611 g/mol. The van der Waals surface area contributed by atoms with E-state index in [1.165, 1.54) is 32.5 Å². The van der Waals surface area contributed by atoms with Crippen LogP contribution in [0.4, 0.5) is 15.2 Å². The van der Waals surface area contributed by atoms with Gasteiger partial charge in [-0.05, 0) is 57.1 Å². The third kappa shape index (κ3) is 6.64. The molecular formula is C28H36ClFN4O4S2. The summed E-state index contributed by atoms with van der Waals surface area (Å²) in [5, 5.41) is 5.42. The summed E-state index contributed by atoms with van der Waals surface area (Å²) in [7, 11) is 0.730.